The minimum Gasteiger partial charge on any atom is -0.398 e. The van der Waals surface area contributed by atoms with Crippen LogP contribution in [-0.2, 0) is 20.2 Å². The van der Waals surface area contributed by atoms with E-state index in [1.807, 2.05) is 0 Å². The number of anilines is 2. The molecule has 0 radical (unpaired) electrons. The summed E-state index contributed by atoms with van der Waals surface area (Å²) >= 11 is 3.92. The first-order valence-corrected chi connectivity index (χ1v) is 9.71. The molecule has 0 saturated carbocycles. The van der Waals surface area contributed by atoms with E-state index < -0.39 is 35.9 Å². The lowest BCUT2D eigenvalue weighted by atomic mass is 10.2. The number of hydrogen-bond donors (Lipinski definition) is 5. The molecule has 0 bridgehead atoms. The maximum atomic E-state index is 12.2. The van der Waals surface area contributed by atoms with Gasteiger partial charge in [0.05, 0.1) is 5.69 Å². The van der Waals surface area contributed by atoms with Gasteiger partial charge in [0, 0.05) is 16.1 Å². The molecular formula is C13H12N2O7S3. The Labute approximate surface area is 148 Å². The highest BCUT2D eigenvalue weighted by Gasteiger charge is 2.18. The van der Waals surface area contributed by atoms with E-state index in [-0.39, 0.29) is 21.8 Å². The van der Waals surface area contributed by atoms with Gasteiger partial charge in [-0.15, -0.1) is 12.6 Å². The van der Waals surface area contributed by atoms with Crippen LogP contribution in [0.5, 0.6) is 0 Å². The lowest BCUT2D eigenvalue weighted by Gasteiger charge is -2.09. The Bertz CT molecular complexity index is 1060. The molecule has 5 N–H and O–H groups in total. The zero-order chi connectivity index (χ0) is 19.0. The zero-order valence-corrected chi connectivity index (χ0v) is 14.8. The van der Waals surface area contributed by atoms with Crippen molar-refractivity contribution in [2.24, 2.45) is 0 Å². The lowest BCUT2D eigenvalue weighted by Crippen LogP contribution is -2.14. The van der Waals surface area contributed by atoms with Crippen molar-refractivity contribution in [3.63, 3.8) is 0 Å². The molecule has 0 spiro atoms. The summed E-state index contributed by atoms with van der Waals surface area (Å²) in [4.78, 5) is 11.0. The number of amides is 1. The van der Waals surface area contributed by atoms with Crippen LogP contribution in [0.4, 0.5) is 11.4 Å². The smallest absolute Gasteiger partial charge is 0.296 e. The van der Waals surface area contributed by atoms with Gasteiger partial charge in [0.15, 0.2) is 0 Å². The van der Waals surface area contributed by atoms with Gasteiger partial charge in [-0.3, -0.25) is 13.9 Å². The van der Waals surface area contributed by atoms with E-state index in [1.165, 1.54) is 18.2 Å². The second-order valence-corrected chi connectivity index (χ2v) is 8.10. The quantitative estimate of drug-likeness (QED) is 0.289. The van der Waals surface area contributed by atoms with Crippen LogP contribution in [0.1, 0.15) is 10.4 Å². The Kier molecular flexibility index (Phi) is 5.11. The Hall–Kier alpha value is -2.12. The molecule has 0 fully saturated rings. The number of thiol groups is 1. The van der Waals surface area contributed by atoms with Gasteiger partial charge in [0.25, 0.3) is 26.1 Å². The molecule has 25 heavy (non-hydrogen) atoms. The number of benzene rings is 2. The zero-order valence-electron chi connectivity index (χ0n) is 12.2. The van der Waals surface area contributed by atoms with Crippen LogP contribution in [0, 0.1) is 0 Å². The van der Waals surface area contributed by atoms with Gasteiger partial charge >= 0.3 is 0 Å². The lowest BCUT2D eigenvalue weighted by molar-refractivity contribution is 0.102. The topological polar surface area (TPSA) is 164 Å². The molecule has 0 unspecified atom stereocenters. The third-order valence-corrected chi connectivity index (χ3v) is 5.39. The minimum absolute atomic E-state index is 0.101. The monoisotopic (exact) mass is 404 g/mol. The van der Waals surface area contributed by atoms with Crippen molar-refractivity contribution in [1.29, 1.82) is 0 Å². The first-order valence-electron chi connectivity index (χ1n) is 6.38. The molecule has 0 aromatic heterocycles. The van der Waals surface area contributed by atoms with Crippen LogP contribution in [0.2, 0.25) is 0 Å². The average molecular weight is 404 g/mol. The summed E-state index contributed by atoms with van der Waals surface area (Å²) in [5.41, 5.74) is 5.25. The second-order valence-electron chi connectivity index (χ2n) is 4.84. The number of carbonyl (C=O) groups excluding carboxylic acids is 1. The fraction of sp³-hybridized carbons (Fsp3) is 0. The number of carbonyl (C=O) groups is 1. The fourth-order valence-corrected chi connectivity index (χ4v) is 3.68. The summed E-state index contributed by atoms with van der Waals surface area (Å²) in [6, 6.07) is 6.72. The highest BCUT2D eigenvalue weighted by atomic mass is 32.2. The van der Waals surface area contributed by atoms with Gasteiger partial charge in [-0.2, -0.15) is 16.8 Å². The summed E-state index contributed by atoms with van der Waals surface area (Å²) < 4.78 is 62.7. The molecule has 12 heteroatoms. The Morgan fingerprint density at radius 3 is 2.08 bits per heavy atom. The highest BCUT2D eigenvalue weighted by molar-refractivity contribution is 7.87. The third-order valence-electron chi connectivity index (χ3n) is 3.05. The molecule has 9 nitrogen and oxygen atoms in total. The van der Waals surface area contributed by atoms with Crippen LogP contribution in [0.15, 0.2) is 51.1 Å². The number of rotatable bonds is 4. The SMILES string of the molecule is Nc1ccc(C(=O)Nc2ccc(S(=O)(=O)O)c(S)c2)cc1S(=O)(=O)O. The number of nitrogens with one attached hydrogen (secondary N) is 1. The molecule has 2 rings (SSSR count). The molecule has 0 saturated heterocycles. The first kappa shape index (κ1) is 19.2. The number of nitrogen functional groups attached to an aromatic ring is 1. The van der Waals surface area contributed by atoms with Crippen molar-refractivity contribution >= 4 is 50.1 Å². The summed E-state index contributed by atoms with van der Waals surface area (Å²) in [6.45, 7) is 0. The van der Waals surface area contributed by atoms with E-state index >= 15 is 0 Å². The highest BCUT2D eigenvalue weighted by Crippen LogP contribution is 2.24. The molecule has 0 aliphatic rings. The van der Waals surface area contributed by atoms with Gasteiger partial charge < -0.3 is 11.1 Å². The number of hydrogen-bond acceptors (Lipinski definition) is 7. The molecule has 0 heterocycles. The van der Waals surface area contributed by atoms with Crippen molar-refractivity contribution in [3.05, 3.63) is 42.0 Å². The normalized spacial score (nSPS) is 12.0. The van der Waals surface area contributed by atoms with Gasteiger partial charge in [-0.25, -0.2) is 0 Å². The van der Waals surface area contributed by atoms with Crippen LogP contribution >= 0.6 is 12.6 Å². The summed E-state index contributed by atoms with van der Waals surface area (Å²) in [5.74, 6) is -0.739. The van der Waals surface area contributed by atoms with Crippen LogP contribution in [0.25, 0.3) is 0 Å². The van der Waals surface area contributed by atoms with Crippen molar-refractivity contribution in [2.75, 3.05) is 11.1 Å². The summed E-state index contributed by atoms with van der Waals surface area (Å²) in [6.07, 6.45) is 0. The van der Waals surface area contributed by atoms with Gasteiger partial charge in [-0.1, -0.05) is 0 Å². The molecule has 0 aliphatic heterocycles. The average Bonchev–Trinajstić information content (AvgIpc) is 2.45. The maximum absolute atomic E-state index is 12.2. The third kappa shape index (κ3) is 4.49. The van der Waals surface area contributed by atoms with Crippen molar-refractivity contribution in [1.82, 2.24) is 0 Å². The van der Waals surface area contributed by atoms with Gasteiger partial charge in [0.2, 0.25) is 0 Å². The molecule has 2 aromatic rings. The Balaban J connectivity index is 2.34. The van der Waals surface area contributed by atoms with Crippen LogP contribution < -0.4 is 11.1 Å². The predicted octanol–water partition coefficient (Wildman–Crippen LogP) is 1.30. The molecule has 2 aromatic carbocycles. The van der Waals surface area contributed by atoms with Crippen molar-refractivity contribution in [2.45, 2.75) is 14.7 Å². The van der Waals surface area contributed by atoms with Gasteiger partial charge in [0.1, 0.15) is 9.79 Å². The minimum atomic E-state index is -4.60. The van der Waals surface area contributed by atoms with Crippen LogP contribution in [-0.4, -0.2) is 31.8 Å². The van der Waals surface area contributed by atoms with Crippen molar-refractivity contribution in [3.8, 4) is 0 Å². The standard InChI is InChI=1S/C13H12N2O7S3/c14-9-3-1-7(5-12(9)25(20,21)22)13(16)15-8-2-4-11(10(23)6-8)24(17,18)19/h1-6,23H,14H2,(H,15,16)(H,17,18,19)(H,20,21,22). The van der Waals surface area contributed by atoms with E-state index in [2.05, 4.69) is 17.9 Å². The second kappa shape index (κ2) is 6.65. The van der Waals surface area contributed by atoms with E-state index in [4.69, 9.17) is 14.8 Å². The largest absolute Gasteiger partial charge is 0.398 e. The Morgan fingerprint density at radius 1 is 0.960 bits per heavy atom. The summed E-state index contributed by atoms with van der Waals surface area (Å²) in [5, 5.41) is 2.39. The molecule has 0 aliphatic carbocycles. The molecule has 134 valence electrons. The Morgan fingerprint density at radius 2 is 1.56 bits per heavy atom. The van der Waals surface area contributed by atoms with E-state index in [0.29, 0.717) is 0 Å². The fourth-order valence-electron chi connectivity index (χ4n) is 1.92. The van der Waals surface area contributed by atoms with E-state index in [0.717, 1.165) is 18.2 Å². The van der Waals surface area contributed by atoms with E-state index in [9.17, 15) is 21.6 Å². The predicted molar refractivity (Wildman–Crippen MR) is 92.1 cm³/mol. The van der Waals surface area contributed by atoms with Gasteiger partial charge in [-0.05, 0) is 36.4 Å². The maximum Gasteiger partial charge on any atom is 0.296 e. The molecule has 1 amide bonds. The van der Waals surface area contributed by atoms with E-state index in [1.54, 1.807) is 0 Å². The first-order chi connectivity index (χ1) is 11.4. The molecule has 0 atom stereocenters. The van der Waals surface area contributed by atoms with Crippen LogP contribution in [0.3, 0.4) is 0 Å². The number of nitrogens with two attached hydrogens (primary N) is 1. The van der Waals surface area contributed by atoms with Crippen molar-refractivity contribution < 1.29 is 30.7 Å². The summed E-state index contributed by atoms with van der Waals surface area (Å²) in [7, 11) is -9.06. The molecular weight excluding hydrogens is 392 g/mol.